The van der Waals surface area contributed by atoms with Gasteiger partial charge >= 0.3 is 5.97 Å². The fraction of sp³-hybridized carbons (Fsp3) is 0.269. The first-order valence-electron chi connectivity index (χ1n) is 11.8. The van der Waals surface area contributed by atoms with Crippen LogP contribution in [0.5, 0.6) is 0 Å². The molecule has 0 aliphatic heterocycles. The Balaban J connectivity index is 2.15. The molecule has 4 aromatic rings. The monoisotopic (exact) mass is 503 g/mol. The number of nitro groups is 1. The van der Waals surface area contributed by atoms with E-state index in [0.717, 1.165) is 12.0 Å². The van der Waals surface area contributed by atoms with Crippen LogP contribution in [0.4, 0.5) is 5.69 Å². The maximum atomic E-state index is 13.5. The van der Waals surface area contributed by atoms with Crippen LogP contribution in [0.15, 0.2) is 58.4 Å². The molecule has 0 N–H and O–H groups in total. The van der Waals surface area contributed by atoms with Crippen LogP contribution in [0.3, 0.4) is 0 Å². The minimum atomic E-state index is -0.906. The molecule has 11 heteroatoms. The van der Waals surface area contributed by atoms with Crippen LogP contribution in [-0.4, -0.2) is 37.4 Å². The Bertz CT molecular complexity index is 1690. The first-order valence-corrected chi connectivity index (χ1v) is 11.8. The van der Waals surface area contributed by atoms with Gasteiger partial charge in [0.15, 0.2) is 5.49 Å². The number of aromatic nitrogens is 3. The van der Waals surface area contributed by atoms with Crippen molar-refractivity contribution in [3.63, 3.8) is 0 Å². The summed E-state index contributed by atoms with van der Waals surface area (Å²) in [5, 5.41) is 11.7. The summed E-state index contributed by atoms with van der Waals surface area (Å²) in [6.07, 6.45) is 2.98. The van der Waals surface area contributed by atoms with Gasteiger partial charge in [-0.2, -0.15) is 4.99 Å². The molecule has 4 rings (SSSR count). The highest BCUT2D eigenvalue weighted by Crippen LogP contribution is 2.19. The van der Waals surface area contributed by atoms with E-state index in [-0.39, 0.29) is 40.8 Å². The molecule has 0 spiro atoms. The Morgan fingerprint density at radius 3 is 2.57 bits per heavy atom. The van der Waals surface area contributed by atoms with Gasteiger partial charge in [0.2, 0.25) is 0 Å². The lowest BCUT2D eigenvalue weighted by Gasteiger charge is -2.15. The summed E-state index contributed by atoms with van der Waals surface area (Å²) in [6.45, 7) is 5.76. The number of carbonyl (C=O) groups is 2. The average Bonchev–Trinajstić information content (AvgIpc) is 2.88. The number of nitrogens with zero attached hydrogens (tertiary/aromatic N) is 5. The van der Waals surface area contributed by atoms with Crippen molar-refractivity contribution in [3.8, 4) is 0 Å². The Hall–Kier alpha value is -4.67. The number of para-hydroxylation sites is 1. The largest absolute Gasteiger partial charge is 0.462 e. The molecule has 0 aliphatic carbocycles. The van der Waals surface area contributed by atoms with E-state index < -0.39 is 28.0 Å². The zero-order valence-corrected chi connectivity index (χ0v) is 20.6. The van der Waals surface area contributed by atoms with Crippen LogP contribution in [0.25, 0.3) is 16.7 Å². The molecule has 0 unspecified atom stereocenters. The Labute approximate surface area is 210 Å². The first-order chi connectivity index (χ1) is 17.8. The molecule has 0 radical (unpaired) electrons. The van der Waals surface area contributed by atoms with Gasteiger partial charge in [-0.05, 0) is 44.0 Å². The van der Waals surface area contributed by atoms with E-state index in [9.17, 15) is 24.5 Å². The van der Waals surface area contributed by atoms with Crippen LogP contribution < -0.4 is 11.0 Å². The standard InChI is InChI=1S/C26H25N5O6/c1-4-6-13-29-22-18(25(33)30-14-9-10-16(3)21(30)27-22)15-19(26(34)37-5-2)23(29)28-24(32)17-11-7-8-12-20(17)31(35)36/h7-12,14-15H,4-6,13H2,1-3H3. The topological polar surface area (TPSA) is 138 Å². The predicted molar refractivity (Wildman–Crippen MR) is 136 cm³/mol. The number of aryl methyl sites for hydroxylation is 2. The van der Waals surface area contributed by atoms with Crippen molar-refractivity contribution in [3.05, 3.63) is 91.3 Å². The van der Waals surface area contributed by atoms with E-state index in [1.807, 2.05) is 19.9 Å². The molecule has 190 valence electrons. The molecule has 0 fully saturated rings. The molecule has 0 saturated heterocycles. The Morgan fingerprint density at radius 1 is 1.11 bits per heavy atom. The van der Waals surface area contributed by atoms with Gasteiger partial charge in [-0.3, -0.25) is 24.1 Å². The van der Waals surface area contributed by atoms with Gasteiger partial charge in [0.25, 0.3) is 17.2 Å². The second kappa shape index (κ2) is 10.5. The Kier molecular flexibility index (Phi) is 7.23. The van der Waals surface area contributed by atoms with Crippen molar-refractivity contribution < 1.29 is 19.2 Å². The third kappa shape index (κ3) is 4.75. The zero-order valence-electron chi connectivity index (χ0n) is 20.6. The molecule has 0 saturated carbocycles. The number of hydrogen-bond acceptors (Lipinski definition) is 7. The highest BCUT2D eigenvalue weighted by Gasteiger charge is 2.23. The van der Waals surface area contributed by atoms with Gasteiger partial charge in [0, 0.05) is 18.8 Å². The van der Waals surface area contributed by atoms with Crippen LogP contribution in [0.2, 0.25) is 0 Å². The number of ether oxygens (including phenoxy) is 1. The van der Waals surface area contributed by atoms with E-state index in [1.54, 1.807) is 23.8 Å². The van der Waals surface area contributed by atoms with Crippen molar-refractivity contribution in [2.75, 3.05) is 6.61 Å². The molecule has 3 aromatic heterocycles. The van der Waals surface area contributed by atoms with Crippen LogP contribution >= 0.6 is 0 Å². The normalized spacial score (nSPS) is 11.7. The van der Waals surface area contributed by atoms with E-state index in [0.29, 0.717) is 12.1 Å². The van der Waals surface area contributed by atoms with E-state index >= 15 is 0 Å². The molecule has 0 aliphatic rings. The van der Waals surface area contributed by atoms with Crippen LogP contribution in [0, 0.1) is 17.0 Å². The maximum Gasteiger partial charge on any atom is 0.341 e. The molecule has 11 nitrogen and oxygen atoms in total. The van der Waals surface area contributed by atoms with Gasteiger partial charge in [0.05, 0.1) is 16.9 Å². The van der Waals surface area contributed by atoms with Gasteiger partial charge < -0.3 is 9.30 Å². The third-order valence-electron chi connectivity index (χ3n) is 5.87. The molecule has 3 heterocycles. The number of unbranched alkanes of at least 4 members (excludes halogenated alkanes) is 1. The van der Waals surface area contributed by atoms with E-state index in [4.69, 9.17) is 9.72 Å². The second-order valence-electron chi connectivity index (χ2n) is 8.34. The smallest absolute Gasteiger partial charge is 0.341 e. The summed E-state index contributed by atoms with van der Waals surface area (Å²) in [5.41, 5.74) is 0.208. The van der Waals surface area contributed by atoms with Crippen molar-refractivity contribution >= 4 is 34.2 Å². The minimum Gasteiger partial charge on any atom is -0.462 e. The van der Waals surface area contributed by atoms with Crippen molar-refractivity contribution in [2.24, 2.45) is 4.99 Å². The zero-order chi connectivity index (χ0) is 26.7. The van der Waals surface area contributed by atoms with Crippen molar-refractivity contribution in [1.82, 2.24) is 14.0 Å². The number of benzene rings is 1. The average molecular weight is 504 g/mol. The number of esters is 1. The number of nitro benzene ring substituents is 1. The van der Waals surface area contributed by atoms with Gasteiger partial charge in [-0.1, -0.05) is 31.5 Å². The number of carbonyl (C=O) groups excluding carboxylic acids is 2. The first kappa shape index (κ1) is 25.4. The lowest BCUT2D eigenvalue weighted by Crippen LogP contribution is -2.33. The molecule has 0 atom stereocenters. The fourth-order valence-corrected chi connectivity index (χ4v) is 4.06. The summed E-state index contributed by atoms with van der Waals surface area (Å²) in [7, 11) is 0. The second-order valence-corrected chi connectivity index (χ2v) is 8.34. The minimum absolute atomic E-state index is 0.0531. The summed E-state index contributed by atoms with van der Waals surface area (Å²) >= 11 is 0. The Morgan fingerprint density at radius 2 is 1.86 bits per heavy atom. The molecular weight excluding hydrogens is 478 g/mol. The van der Waals surface area contributed by atoms with Gasteiger partial charge in [-0.15, -0.1) is 0 Å². The molecular formula is C26H25N5O6. The summed E-state index contributed by atoms with van der Waals surface area (Å²) in [5.74, 6) is -1.69. The van der Waals surface area contributed by atoms with Gasteiger partial charge in [-0.25, -0.2) is 9.78 Å². The third-order valence-corrected chi connectivity index (χ3v) is 5.87. The van der Waals surface area contributed by atoms with E-state index in [1.165, 1.54) is 34.7 Å². The molecule has 0 bridgehead atoms. The quantitative estimate of drug-likeness (QED) is 0.163. The summed E-state index contributed by atoms with van der Waals surface area (Å²) in [4.78, 5) is 59.4. The lowest BCUT2D eigenvalue weighted by molar-refractivity contribution is -0.385. The molecule has 37 heavy (non-hydrogen) atoms. The number of amides is 1. The summed E-state index contributed by atoms with van der Waals surface area (Å²) in [6, 6.07) is 10.3. The highest BCUT2D eigenvalue weighted by molar-refractivity contribution is 6.00. The number of rotatable bonds is 7. The maximum absolute atomic E-state index is 13.5. The van der Waals surface area contributed by atoms with Crippen molar-refractivity contribution in [1.29, 1.82) is 0 Å². The van der Waals surface area contributed by atoms with Gasteiger partial charge in [0.1, 0.15) is 22.4 Å². The van der Waals surface area contributed by atoms with Crippen LogP contribution in [0.1, 0.15) is 53.0 Å². The fourth-order valence-electron chi connectivity index (χ4n) is 4.06. The predicted octanol–water partition coefficient (Wildman–Crippen LogP) is 3.58. The SMILES string of the molecule is CCCCn1c(=NC(=O)c2ccccc2[N+](=O)[O-])c(C(=O)OCC)cc2c(=O)n3cccc(C)c3nc21. The molecule has 1 aromatic carbocycles. The molecule has 1 amide bonds. The number of pyridine rings is 2. The van der Waals surface area contributed by atoms with Crippen LogP contribution in [-0.2, 0) is 11.3 Å². The van der Waals surface area contributed by atoms with E-state index in [2.05, 4.69) is 4.99 Å². The number of fused-ring (bicyclic) bond motifs is 2. The number of hydrogen-bond donors (Lipinski definition) is 0. The highest BCUT2D eigenvalue weighted by atomic mass is 16.6. The lowest BCUT2D eigenvalue weighted by atomic mass is 10.1. The summed E-state index contributed by atoms with van der Waals surface area (Å²) < 4.78 is 8.15. The van der Waals surface area contributed by atoms with Crippen molar-refractivity contribution in [2.45, 2.75) is 40.2 Å².